The third-order valence-electron chi connectivity index (χ3n) is 4.30. The van der Waals surface area contributed by atoms with Gasteiger partial charge in [0, 0.05) is 18.1 Å². The van der Waals surface area contributed by atoms with E-state index in [1.54, 1.807) is 0 Å². The van der Waals surface area contributed by atoms with Crippen molar-refractivity contribution in [2.45, 2.75) is 55.6 Å². The highest BCUT2D eigenvalue weighted by atomic mass is 35.5. The molecule has 4 nitrogen and oxygen atoms in total. The monoisotopic (exact) mass is 332 g/mol. The molecule has 2 bridgehead atoms. The van der Waals surface area contributed by atoms with Crippen LogP contribution in [0, 0.1) is 12.7 Å². The van der Waals surface area contributed by atoms with E-state index in [0.717, 1.165) is 31.7 Å². The van der Waals surface area contributed by atoms with Crippen LogP contribution in [0.15, 0.2) is 17.0 Å². The van der Waals surface area contributed by atoms with Gasteiger partial charge in [0.15, 0.2) is 0 Å². The summed E-state index contributed by atoms with van der Waals surface area (Å²) in [5.74, 6) is -0.501. The minimum absolute atomic E-state index is 0.0473. The van der Waals surface area contributed by atoms with Gasteiger partial charge in [-0.1, -0.05) is 11.6 Å². The molecule has 0 spiro atoms. The molecule has 2 aliphatic rings. The number of benzene rings is 1. The van der Waals surface area contributed by atoms with Crippen LogP contribution in [0.3, 0.4) is 0 Å². The number of piperidine rings is 1. The van der Waals surface area contributed by atoms with Gasteiger partial charge in [-0.3, -0.25) is 0 Å². The minimum atomic E-state index is -3.73. The number of aryl methyl sites for hydroxylation is 1. The van der Waals surface area contributed by atoms with Gasteiger partial charge >= 0.3 is 0 Å². The summed E-state index contributed by atoms with van der Waals surface area (Å²) in [7, 11) is -3.73. The van der Waals surface area contributed by atoms with Crippen LogP contribution in [0.4, 0.5) is 4.39 Å². The maximum absolute atomic E-state index is 13.4. The molecule has 0 aromatic heterocycles. The molecule has 1 aromatic rings. The summed E-state index contributed by atoms with van der Waals surface area (Å²) >= 11 is 5.90. The van der Waals surface area contributed by atoms with Crippen molar-refractivity contribution in [3.8, 4) is 0 Å². The summed E-state index contributed by atoms with van der Waals surface area (Å²) in [5.41, 5.74) is 0.269. The third kappa shape index (κ3) is 3.08. The van der Waals surface area contributed by atoms with E-state index in [-0.39, 0.29) is 21.5 Å². The van der Waals surface area contributed by atoms with Crippen molar-refractivity contribution in [2.75, 3.05) is 0 Å². The fraction of sp³-hybridized carbons (Fsp3) is 0.571. The highest BCUT2D eigenvalue weighted by Crippen LogP contribution is 2.29. The van der Waals surface area contributed by atoms with Crippen LogP contribution in [0.25, 0.3) is 0 Å². The first-order chi connectivity index (χ1) is 9.85. The second kappa shape index (κ2) is 5.50. The highest BCUT2D eigenvalue weighted by Gasteiger charge is 2.35. The van der Waals surface area contributed by atoms with Crippen LogP contribution < -0.4 is 10.0 Å². The predicted octanol–water partition coefficient (Wildman–Crippen LogP) is 2.35. The molecular weight excluding hydrogens is 315 g/mol. The van der Waals surface area contributed by atoms with Crippen molar-refractivity contribution in [1.82, 2.24) is 10.0 Å². The Kier molecular flexibility index (Phi) is 3.98. The molecule has 0 saturated carbocycles. The lowest BCUT2D eigenvalue weighted by Crippen LogP contribution is -2.47. The maximum Gasteiger partial charge on any atom is 0.242 e. The van der Waals surface area contributed by atoms with Crippen molar-refractivity contribution >= 4 is 21.6 Å². The molecule has 2 atom stereocenters. The van der Waals surface area contributed by atoms with Gasteiger partial charge in [-0.2, -0.15) is 0 Å². The number of sulfonamides is 1. The fourth-order valence-electron chi connectivity index (χ4n) is 3.27. The van der Waals surface area contributed by atoms with Crippen molar-refractivity contribution in [3.05, 3.63) is 28.5 Å². The molecule has 1 aromatic carbocycles. The first-order valence-electron chi connectivity index (χ1n) is 7.09. The van der Waals surface area contributed by atoms with Gasteiger partial charge in [0.1, 0.15) is 10.7 Å². The van der Waals surface area contributed by atoms with Gasteiger partial charge in [0.05, 0.1) is 5.02 Å². The number of hydrogen-bond donors (Lipinski definition) is 2. The van der Waals surface area contributed by atoms with Crippen molar-refractivity contribution in [2.24, 2.45) is 0 Å². The normalized spacial score (nSPS) is 28.8. The molecule has 2 saturated heterocycles. The fourth-order valence-corrected chi connectivity index (χ4v) is 5.13. The Morgan fingerprint density at radius 2 is 1.90 bits per heavy atom. The van der Waals surface area contributed by atoms with Crippen LogP contribution in [-0.4, -0.2) is 26.5 Å². The van der Waals surface area contributed by atoms with Crippen molar-refractivity contribution < 1.29 is 12.8 Å². The zero-order valence-corrected chi connectivity index (χ0v) is 13.3. The molecule has 116 valence electrons. The van der Waals surface area contributed by atoms with Crippen LogP contribution in [0.5, 0.6) is 0 Å². The molecule has 2 unspecified atom stereocenters. The zero-order valence-electron chi connectivity index (χ0n) is 11.7. The zero-order chi connectivity index (χ0) is 15.2. The van der Waals surface area contributed by atoms with Gasteiger partial charge in [0.25, 0.3) is 0 Å². The predicted molar refractivity (Wildman–Crippen MR) is 79.4 cm³/mol. The van der Waals surface area contributed by atoms with E-state index in [1.807, 2.05) is 0 Å². The average molecular weight is 333 g/mol. The second-order valence-corrected chi connectivity index (χ2v) is 8.05. The second-order valence-electron chi connectivity index (χ2n) is 5.96. The van der Waals surface area contributed by atoms with Crippen LogP contribution in [-0.2, 0) is 10.0 Å². The molecule has 0 aliphatic carbocycles. The third-order valence-corrected chi connectivity index (χ3v) is 6.28. The summed E-state index contributed by atoms with van der Waals surface area (Å²) in [5, 5.41) is 3.38. The van der Waals surface area contributed by atoms with Crippen LogP contribution in [0.2, 0.25) is 5.02 Å². The lowest BCUT2D eigenvalue weighted by Gasteiger charge is -2.29. The number of halogens is 2. The standard InChI is InChI=1S/C14H18ClFN2O2S/c1-8-4-14(12(15)7-13(8)16)21(19,20)18-11-5-9-2-3-10(6-11)17-9/h4,7,9-11,17-18H,2-3,5-6H2,1H3. The van der Waals surface area contributed by atoms with Gasteiger partial charge in [0.2, 0.25) is 10.0 Å². The van der Waals surface area contributed by atoms with E-state index < -0.39 is 15.8 Å². The molecule has 2 aliphatic heterocycles. The van der Waals surface area contributed by atoms with E-state index in [9.17, 15) is 12.8 Å². The Labute approximate surface area is 129 Å². The number of hydrogen-bond acceptors (Lipinski definition) is 3. The Morgan fingerprint density at radius 1 is 1.29 bits per heavy atom. The Balaban J connectivity index is 1.82. The van der Waals surface area contributed by atoms with Gasteiger partial charge in [-0.25, -0.2) is 17.5 Å². The minimum Gasteiger partial charge on any atom is -0.311 e. The molecule has 7 heteroatoms. The Bertz CT molecular complexity index is 653. The average Bonchev–Trinajstić information content (AvgIpc) is 2.72. The van der Waals surface area contributed by atoms with Crippen molar-refractivity contribution in [3.63, 3.8) is 0 Å². The maximum atomic E-state index is 13.4. The molecule has 21 heavy (non-hydrogen) atoms. The van der Waals surface area contributed by atoms with E-state index >= 15 is 0 Å². The largest absolute Gasteiger partial charge is 0.311 e. The molecule has 2 heterocycles. The lowest BCUT2D eigenvalue weighted by molar-refractivity contribution is 0.345. The molecular formula is C14H18ClFN2O2S. The van der Waals surface area contributed by atoms with Crippen LogP contribution in [0.1, 0.15) is 31.2 Å². The topological polar surface area (TPSA) is 58.2 Å². The summed E-state index contributed by atoms with van der Waals surface area (Å²) in [4.78, 5) is -0.0473. The van der Waals surface area contributed by atoms with E-state index in [1.165, 1.54) is 13.0 Å². The van der Waals surface area contributed by atoms with E-state index in [2.05, 4.69) is 10.0 Å². The Hall–Kier alpha value is -0.690. The summed E-state index contributed by atoms with van der Waals surface area (Å²) in [6, 6.07) is 3.03. The number of rotatable bonds is 3. The smallest absolute Gasteiger partial charge is 0.242 e. The Morgan fingerprint density at radius 3 is 2.52 bits per heavy atom. The van der Waals surface area contributed by atoms with Crippen LogP contribution >= 0.6 is 11.6 Å². The summed E-state index contributed by atoms with van der Waals surface area (Å²) in [6.07, 6.45) is 3.76. The quantitative estimate of drug-likeness (QED) is 0.893. The first-order valence-corrected chi connectivity index (χ1v) is 8.95. The lowest BCUT2D eigenvalue weighted by atomic mass is 10.0. The first kappa shape index (κ1) is 15.2. The van der Waals surface area contributed by atoms with Gasteiger partial charge < -0.3 is 5.32 Å². The van der Waals surface area contributed by atoms with Crippen molar-refractivity contribution in [1.29, 1.82) is 0 Å². The SMILES string of the molecule is Cc1cc(S(=O)(=O)NC2CC3CCC(C2)N3)c(Cl)cc1F. The van der Waals surface area contributed by atoms with E-state index in [4.69, 9.17) is 11.6 Å². The number of nitrogens with one attached hydrogen (secondary N) is 2. The summed E-state index contributed by atoms with van der Waals surface area (Å²) in [6.45, 7) is 1.52. The highest BCUT2D eigenvalue weighted by molar-refractivity contribution is 7.89. The summed E-state index contributed by atoms with van der Waals surface area (Å²) < 4.78 is 41.1. The van der Waals surface area contributed by atoms with E-state index in [0.29, 0.717) is 12.1 Å². The number of fused-ring (bicyclic) bond motifs is 2. The van der Waals surface area contributed by atoms with Gasteiger partial charge in [-0.15, -0.1) is 0 Å². The molecule has 2 N–H and O–H groups in total. The van der Waals surface area contributed by atoms with Gasteiger partial charge in [-0.05, 0) is 50.3 Å². The molecule has 2 fully saturated rings. The molecule has 3 rings (SSSR count). The molecule has 0 amide bonds. The molecule has 0 radical (unpaired) electrons.